The SMILES string of the molecule is CNO.O=Cc1ccc(-c2ccc3c(c2)CNCCC3)s1. The molecule has 0 saturated carbocycles. The lowest BCUT2D eigenvalue weighted by atomic mass is 10.0. The van der Waals surface area contributed by atoms with E-state index in [-0.39, 0.29) is 0 Å². The third-order valence-electron chi connectivity index (χ3n) is 3.35. The Morgan fingerprint density at radius 1 is 1.29 bits per heavy atom. The second-order valence-corrected chi connectivity index (χ2v) is 5.92. The molecule has 0 saturated heterocycles. The Bertz CT molecular complexity index is 596. The molecule has 2 heterocycles. The van der Waals surface area contributed by atoms with Gasteiger partial charge in [-0.15, -0.1) is 11.3 Å². The van der Waals surface area contributed by atoms with Gasteiger partial charge in [0.15, 0.2) is 6.29 Å². The average Bonchev–Trinajstić information content (AvgIpc) is 2.86. The van der Waals surface area contributed by atoms with E-state index in [0.29, 0.717) is 0 Å². The van der Waals surface area contributed by atoms with E-state index in [1.54, 1.807) is 16.8 Å². The molecule has 0 unspecified atom stereocenters. The molecule has 3 N–H and O–H groups in total. The summed E-state index contributed by atoms with van der Waals surface area (Å²) in [5.74, 6) is 0. The van der Waals surface area contributed by atoms with Crippen LogP contribution in [-0.4, -0.2) is 25.1 Å². The molecule has 0 amide bonds. The van der Waals surface area contributed by atoms with Gasteiger partial charge in [-0.1, -0.05) is 12.1 Å². The predicted octanol–water partition coefficient (Wildman–Crippen LogP) is 2.86. The maximum atomic E-state index is 10.7. The van der Waals surface area contributed by atoms with Crippen LogP contribution in [0.15, 0.2) is 30.3 Å². The predicted molar refractivity (Wildman–Crippen MR) is 86.0 cm³/mol. The lowest BCUT2D eigenvalue weighted by molar-refractivity contribution is 0.112. The number of hydrogen-bond donors (Lipinski definition) is 3. The van der Waals surface area contributed by atoms with Gasteiger partial charge in [0.05, 0.1) is 4.88 Å². The number of rotatable bonds is 2. The van der Waals surface area contributed by atoms with Crippen LogP contribution in [0, 0.1) is 0 Å². The molecule has 0 aliphatic carbocycles. The van der Waals surface area contributed by atoms with E-state index >= 15 is 0 Å². The Morgan fingerprint density at radius 3 is 2.81 bits per heavy atom. The molecule has 0 spiro atoms. The number of fused-ring (bicyclic) bond motifs is 1. The minimum absolute atomic E-state index is 0.790. The van der Waals surface area contributed by atoms with Crippen LogP contribution in [0.2, 0.25) is 0 Å². The van der Waals surface area contributed by atoms with E-state index < -0.39 is 0 Å². The van der Waals surface area contributed by atoms with Crippen molar-refractivity contribution in [2.75, 3.05) is 13.6 Å². The van der Waals surface area contributed by atoms with Crippen LogP contribution >= 0.6 is 11.3 Å². The monoisotopic (exact) mass is 304 g/mol. The van der Waals surface area contributed by atoms with E-state index in [1.165, 1.54) is 35.0 Å². The summed E-state index contributed by atoms with van der Waals surface area (Å²) in [4.78, 5) is 12.7. The first kappa shape index (κ1) is 15.9. The van der Waals surface area contributed by atoms with Crippen molar-refractivity contribution in [2.24, 2.45) is 0 Å². The van der Waals surface area contributed by atoms with Gasteiger partial charge in [-0.3, -0.25) is 4.79 Å². The number of thiophene rings is 1. The molecular weight excluding hydrogens is 284 g/mol. The Morgan fingerprint density at radius 2 is 2.10 bits per heavy atom. The van der Waals surface area contributed by atoms with Crippen molar-refractivity contribution in [3.05, 3.63) is 46.3 Å². The van der Waals surface area contributed by atoms with Crippen LogP contribution in [0.3, 0.4) is 0 Å². The number of benzene rings is 1. The number of hydrogen-bond acceptors (Lipinski definition) is 5. The first-order chi connectivity index (χ1) is 10.3. The van der Waals surface area contributed by atoms with Gasteiger partial charge in [0.25, 0.3) is 0 Å². The Hall–Kier alpha value is -1.53. The molecule has 1 aliphatic heterocycles. The van der Waals surface area contributed by atoms with Crippen LogP contribution in [0.1, 0.15) is 27.2 Å². The van der Waals surface area contributed by atoms with Gasteiger partial charge >= 0.3 is 0 Å². The highest BCUT2D eigenvalue weighted by atomic mass is 32.1. The summed E-state index contributed by atoms with van der Waals surface area (Å²) in [5, 5.41) is 10.8. The molecule has 0 fully saturated rings. The zero-order valence-electron chi connectivity index (χ0n) is 12.1. The number of aldehydes is 1. The van der Waals surface area contributed by atoms with Crippen LogP contribution < -0.4 is 10.8 Å². The van der Waals surface area contributed by atoms with Crippen molar-refractivity contribution in [1.82, 2.24) is 10.8 Å². The Balaban J connectivity index is 0.000000497. The van der Waals surface area contributed by atoms with Crippen LogP contribution in [-0.2, 0) is 13.0 Å². The maximum Gasteiger partial charge on any atom is 0.160 e. The molecule has 0 radical (unpaired) electrons. The van der Waals surface area contributed by atoms with Crippen molar-refractivity contribution in [3.63, 3.8) is 0 Å². The number of nitrogens with one attached hydrogen (secondary N) is 2. The zero-order chi connectivity index (χ0) is 15.1. The Labute approximate surface area is 128 Å². The largest absolute Gasteiger partial charge is 0.317 e. The molecule has 1 aromatic heterocycles. The number of carbonyl (C=O) groups is 1. The summed E-state index contributed by atoms with van der Waals surface area (Å²) in [7, 11) is 1.43. The van der Waals surface area contributed by atoms with Gasteiger partial charge in [-0.25, -0.2) is 5.48 Å². The maximum absolute atomic E-state index is 10.7. The molecule has 21 heavy (non-hydrogen) atoms. The summed E-state index contributed by atoms with van der Waals surface area (Å²) in [6.45, 7) is 2.05. The van der Waals surface area contributed by atoms with E-state index in [2.05, 4.69) is 23.5 Å². The molecule has 3 rings (SSSR count). The van der Waals surface area contributed by atoms with Crippen molar-refractivity contribution in [1.29, 1.82) is 0 Å². The second kappa shape index (κ2) is 8.05. The summed E-state index contributed by atoms with van der Waals surface area (Å²) in [5.41, 5.74) is 5.82. The fraction of sp³-hybridized carbons (Fsp3) is 0.312. The minimum atomic E-state index is 0.790. The third-order valence-corrected chi connectivity index (χ3v) is 4.41. The first-order valence-electron chi connectivity index (χ1n) is 6.97. The van der Waals surface area contributed by atoms with Crippen LogP contribution in [0.5, 0.6) is 0 Å². The highest BCUT2D eigenvalue weighted by Crippen LogP contribution is 2.29. The molecule has 5 heteroatoms. The average molecular weight is 304 g/mol. The fourth-order valence-electron chi connectivity index (χ4n) is 2.39. The summed E-state index contributed by atoms with van der Waals surface area (Å²) < 4.78 is 0. The number of hydroxylamine groups is 1. The van der Waals surface area contributed by atoms with Crippen molar-refractivity contribution < 1.29 is 10.0 Å². The van der Waals surface area contributed by atoms with Gasteiger partial charge < -0.3 is 10.5 Å². The lowest BCUT2D eigenvalue weighted by Crippen LogP contribution is -2.11. The smallest absolute Gasteiger partial charge is 0.160 e. The third kappa shape index (κ3) is 4.22. The zero-order valence-corrected chi connectivity index (χ0v) is 12.9. The standard InChI is InChI=1S/C15H15NOS.CH5NO/c17-10-14-5-6-15(18-14)12-4-3-11-2-1-7-16-9-13(11)8-12;1-2-3/h3-6,8,10,16H,1-2,7,9H2;2-3H,1H3. The van der Waals surface area contributed by atoms with E-state index in [0.717, 1.165) is 30.7 Å². The van der Waals surface area contributed by atoms with E-state index in [9.17, 15) is 4.79 Å². The molecular formula is C16H20N2O2S. The molecule has 112 valence electrons. The van der Waals surface area contributed by atoms with Crippen molar-refractivity contribution in [2.45, 2.75) is 19.4 Å². The van der Waals surface area contributed by atoms with Crippen molar-refractivity contribution >= 4 is 17.6 Å². The molecule has 1 aliphatic rings. The van der Waals surface area contributed by atoms with Crippen LogP contribution in [0.25, 0.3) is 10.4 Å². The highest BCUT2D eigenvalue weighted by molar-refractivity contribution is 7.17. The van der Waals surface area contributed by atoms with E-state index in [1.807, 2.05) is 12.1 Å². The van der Waals surface area contributed by atoms with Crippen LogP contribution in [0.4, 0.5) is 0 Å². The quantitative estimate of drug-likeness (QED) is 0.590. The Kier molecular flexibility index (Phi) is 6.07. The highest BCUT2D eigenvalue weighted by Gasteiger charge is 2.09. The van der Waals surface area contributed by atoms with Gasteiger partial charge in [0.1, 0.15) is 0 Å². The van der Waals surface area contributed by atoms with Gasteiger partial charge in [0.2, 0.25) is 0 Å². The molecule has 0 bridgehead atoms. The summed E-state index contributed by atoms with van der Waals surface area (Å²) >= 11 is 1.55. The minimum Gasteiger partial charge on any atom is -0.317 e. The second-order valence-electron chi connectivity index (χ2n) is 4.81. The lowest BCUT2D eigenvalue weighted by Gasteiger charge is -2.07. The number of carbonyl (C=O) groups excluding carboxylic acids is 1. The van der Waals surface area contributed by atoms with Crippen molar-refractivity contribution in [3.8, 4) is 10.4 Å². The normalized spacial score (nSPS) is 13.6. The molecule has 4 nitrogen and oxygen atoms in total. The fourth-order valence-corrected chi connectivity index (χ4v) is 3.20. The summed E-state index contributed by atoms with van der Waals surface area (Å²) in [6, 6.07) is 10.6. The first-order valence-corrected chi connectivity index (χ1v) is 7.79. The van der Waals surface area contributed by atoms with Gasteiger partial charge in [0, 0.05) is 18.5 Å². The van der Waals surface area contributed by atoms with Gasteiger partial charge in [-0.05, 0) is 54.3 Å². The van der Waals surface area contributed by atoms with Gasteiger partial charge in [-0.2, -0.15) is 0 Å². The van der Waals surface area contributed by atoms with E-state index in [4.69, 9.17) is 5.21 Å². The number of aryl methyl sites for hydroxylation is 1. The molecule has 2 aromatic rings. The topological polar surface area (TPSA) is 61.4 Å². The molecule has 1 aromatic carbocycles. The molecule has 0 atom stereocenters. The summed E-state index contributed by atoms with van der Waals surface area (Å²) in [6.07, 6.45) is 3.28.